The zero-order valence-corrected chi connectivity index (χ0v) is 9.76. The molecule has 6 heteroatoms. The fourth-order valence-corrected chi connectivity index (χ4v) is 2.25. The lowest BCUT2D eigenvalue weighted by Crippen LogP contribution is -2.64. The second kappa shape index (κ2) is 4.27. The minimum absolute atomic E-state index is 0.202. The lowest BCUT2D eigenvalue weighted by Gasteiger charge is -2.46. The molecule has 2 N–H and O–H groups in total. The zero-order valence-electron chi connectivity index (χ0n) is 9.76. The van der Waals surface area contributed by atoms with E-state index in [-0.39, 0.29) is 5.91 Å². The van der Waals surface area contributed by atoms with Crippen molar-refractivity contribution in [3.63, 3.8) is 0 Å². The third-order valence-electron chi connectivity index (χ3n) is 3.51. The number of hydrogen-bond acceptors (Lipinski definition) is 4. The van der Waals surface area contributed by atoms with Crippen molar-refractivity contribution in [2.45, 2.75) is 44.0 Å². The first-order chi connectivity index (χ1) is 7.95. The number of β-amino-alcohol motifs (C(OH)–C–C–N with tert-alkyl or cyclic N) is 1. The molecule has 96 valence electrons. The van der Waals surface area contributed by atoms with Crippen LogP contribution in [0.15, 0.2) is 0 Å². The Morgan fingerprint density at radius 2 is 1.94 bits per heavy atom. The molecule has 0 saturated carbocycles. The Labute approximate surface area is 99.2 Å². The molecule has 2 aliphatic rings. The van der Waals surface area contributed by atoms with E-state index in [9.17, 15) is 14.7 Å². The number of carbonyl (C=O) groups excluding carboxylic acids is 1. The van der Waals surface area contributed by atoms with Crippen molar-refractivity contribution in [2.75, 3.05) is 13.1 Å². The Hall–Kier alpha value is -1.14. The van der Waals surface area contributed by atoms with Crippen molar-refractivity contribution in [3.05, 3.63) is 0 Å². The van der Waals surface area contributed by atoms with Crippen LogP contribution < -0.4 is 0 Å². The predicted octanol–water partition coefficient (Wildman–Crippen LogP) is -0.398. The molecule has 2 heterocycles. The van der Waals surface area contributed by atoms with Crippen LogP contribution in [0.25, 0.3) is 0 Å². The van der Waals surface area contributed by atoms with Crippen LogP contribution in [0.4, 0.5) is 0 Å². The fourth-order valence-electron chi connectivity index (χ4n) is 2.25. The highest BCUT2D eigenvalue weighted by molar-refractivity contribution is 5.83. The van der Waals surface area contributed by atoms with Crippen molar-refractivity contribution in [1.29, 1.82) is 0 Å². The van der Waals surface area contributed by atoms with Gasteiger partial charge in [-0.15, -0.1) is 0 Å². The molecule has 2 saturated heterocycles. The lowest BCUT2D eigenvalue weighted by molar-refractivity contribution is -0.169. The van der Waals surface area contributed by atoms with Crippen LogP contribution in [-0.4, -0.2) is 57.9 Å². The number of aliphatic carboxylic acids is 1. The smallest absolute Gasteiger partial charge is 0.332 e. The van der Waals surface area contributed by atoms with E-state index in [0.29, 0.717) is 32.4 Å². The summed E-state index contributed by atoms with van der Waals surface area (Å²) in [7, 11) is 0. The van der Waals surface area contributed by atoms with E-state index >= 15 is 0 Å². The van der Waals surface area contributed by atoms with Gasteiger partial charge in [0.15, 0.2) is 6.10 Å². The van der Waals surface area contributed by atoms with Crippen LogP contribution in [0.5, 0.6) is 0 Å². The second-order valence-electron chi connectivity index (χ2n) is 4.80. The normalized spacial score (nSPS) is 31.1. The van der Waals surface area contributed by atoms with Crippen LogP contribution in [-0.2, 0) is 14.3 Å². The molecule has 17 heavy (non-hydrogen) atoms. The number of aliphatic hydroxyl groups is 1. The van der Waals surface area contributed by atoms with Gasteiger partial charge in [-0.3, -0.25) is 4.79 Å². The molecular weight excluding hydrogens is 226 g/mol. The molecule has 0 radical (unpaired) electrons. The monoisotopic (exact) mass is 243 g/mol. The van der Waals surface area contributed by atoms with Gasteiger partial charge in [-0.05, 0) is 19.3 Å². The van der Waals surface area contributed by atoms with E-state index in [1.54, 1.807) is 0 Å². The average Bonchev–Trinajstić information content (AvgIpc) is 2.73. The van der Waals surface area contributed by atoms with Gasteiger partial charge in [0.25, 0.3) is 5.91 Å². The Balaban J connectivity index is 1.85. The summed E-state index contributed by atoms with van der Waals surface area (Å²) in [4.78, 5) is 24.1. The molecule has 0 aromatic heterocycles. The number of nitrogens with zero attached hydrogens (tertiary/aromatic N) is 1. The van der Waals surface area contributed by atoms with Crippen LogP contribution >= 0.6 is 0 Å². The van der Waals surface area contributed by atoms with E-state index in [2.05, 4.69) is 0 Å². The number of hydrogen-bond donors (Lipinski definition) is 2. The maximum absolute atomic E-state index is 11.9. The average molecular weight is 243 g/mol. The molecule has 2 unspecified atom stereocenters. The summed E-state index contributed by atoms with van der Waals surface area (Å²) in [6, 6.07) is 0. The largest absolute Gasteiger partial charge is 0.479 e. The standard InChI is InChI=1S/C11H17NO5/c1-2-11(16)5-12(6-11)9(13)7-3-4-8(17-7)10(14)15/h7-8,16H,2-6H2,1H3,(H,14,15). The minimum atomic E-state index is -1.02. The summed E-state index contributed by atoms with van der Waals surface area (Å²) in [6.45, 7) is 2.51. The second-order valence-corrected chi connectivity index (χ2v) is 4.80. The van der Waals surface area contributed by atoms with E-state index in [1.807, 2.05) is 6.92 Å². The van der Waals surface area contributed by atoms with Gasteiger partial charge in [0.1, 0.15) is 6.10 Å². The highest BCUT2D eigenvalue weighted by atomic mass is 16.5. The van der Waals surface area contributed by atoms with Gasteiger partial charge in [0, 0.05) is 0 Å². The molecule has 0 bridgehead atoms. The molecule has 1 amide bonds. The summed E-state index contributed by atoms with van der Waals surface area (Å²) < 4.78 is 5.17. The highest BCUT2D eigenvalue weighted by Gasteiger charge is 2.46. The van der Waals surface area contributed by atoms with Gasteiger partial charge in [-0.1, -0.05) is 6.92 Å². The quantitative estimate of drug-likeness (QED) is 0.704. The maximum atomic E-state index is 11.9. The minimum Gasteiger partial charge on any atom is -0.479 e. The number of amides is 1. The Morgan fingerprint density at radius 1 is 1.35 bits per heavy atom. The molecule has 2 atom stereocenters. The summed E-state index contributed by atoms with van der Waals surface area (Å²) in [5.74, 6) is -1.22. The van der Waals surface area contributed by atoms with Gasteiger partial charge in [-0.25, -0.2) is 4.79 Å². The topological polar surface area (TPSA) is 87.1 Å². The van der Waals surface area contributed by atoms with Crippen LogP contribution in [0.2, 0.25) is 0 Å². The van der Waals surface area contributed by atoms with Gasteiger partial charge in [0.2, 0.25) is 0 Å². The van der Waals surface area contributed by atoms with Crippen LogP contribution in [0.1, 0.15) is 26.2 Å². The van der Waals surface area contributed by atoms with Gasteiger partial charge < -0.3 is 19.8 Å². The number of likely N-dealkylation sites (tertiary alicyclic amines) is 1. The maximum Gasteiger partial charge on any atom is 0.332 e. The molecule has 6 nitrogen and oxygen atoms in total. The Morgan fingerprint density at radius 3 is 2.41 bits per heavy atom. The summed E-state index contributed by atoms with van der Waals surface area (Å²) in [5, 5.41) is 18.5. The van der Waals surface area contributed by atoms with Crippen molar-refractivity contribution in [1.82, 2.24) is 4.90 Å². The van der Waals surface area contributed by atoms with Crippen LogP contribution in [0.3, 0.4) is 0 Å². The van der Waals surface area contributed by atoms with Crippen molar-refractivity contribution in [3.8, 4) is 0 Å². The summed E-state index contributed by atoms with van der Waals surface area (Å²) >= 11 is 0. The molecule has 2 aliphatic heterocycles. The van der Waals surface area contributed by atoms with Crippen molar-refractivity contribution < 1.29 is 24.5 Å². The lowest BCUT2D eigenvalue weighted by atomic mass is 9.91. The molecular formula is C11H17NO5. The van der Waals surface area contributed by atoms with E-state index in [0.717, 1.165) is 0 Å². The number of carboxylic acid groups (broad SMARTS) is 1. The van der Waals surface area contributed by atoms with Gasteiger partial charge >= 0.3 is 5.97 Å². The van der Waals surface area contributed by atoms with E-state index in [1.165, 1.54) is 4.90 Å². The molecule has 0 aromatic rings. The number of rotatable bonds is 3. The first-order valence-corrected chi connectivity index (χ1v) is 5.84. The van der Waals surface area contributed by atoms with Gasteiger partial charge in [-0.2, -0.15) is 0 Å². The van der Waals surface area contributed by atoms with E-state index in [4.69, 9.17) is 9.84 Å². The molecule has 0 aromatic carbocycles. The predicted molar refractivity (Wildman–Crippen MR) is 57.4 cm³/mol. The summed E-state index contributed by atoms with van der Waals surface area (Å²) in [6.07, 6.45) is -0.0954. The van der Waals surface area contributed by atoms with Crippen molar-refractivity contribution in [2.24, 2.45) is 0 Å². The zero-order chi connectivity index (χ0) is 12.6. The first kappa shape index (κ1) is 12.3. The third-order valence-corrected chi connectivity index (χ3v) is 3.51. The molecule has 0 aliphatic carbocycles. The van der Waals surface area contributed by atoms with E-state index < -0.39 is 23.8 Å². The van der Waals surface area contributed by atoms with Crippen LogP contribution in [0, 0.1) is 0 Å². The SMILES string of the molecule is CCC1(O)CN(C(=O)C2CCC(C(=O)O)O2)C1. The van der Waals surface area contributed by atoms with Crippen molar-refractivity contribution >= 4 is 11.9 Å². The molecule has 0 spiro atoms. The Kier molecular flexibility index (Phi) is 3.09. The third kappa shape index (κ3) is 2.28. The number of carbonyl (C=O) groups is 2. The number of carboxylic acids is 1. The fraction of sp³-hybridized carbons (Fsp3) is 0.818. The first-order valence-electron chi connectivity index (χ1n) is 5.84. The number of ether oxygens (including phenoxy) is 1. The molecule has 2 fully saturated rings. The molecule has 2 rings (SSSR count). The summed E-state index contributed by atoms with van der Waals surface area (Å²) in [5.41, 5.74) is -0.763. The van der Waals surface area contributed by atoms with Gasteiger partial charge in [0.05, 0.1) is 18.7 Å². The Bertz CT molecular complexity index is 337. The highest BCUT2D eigenvalue weighted by Crippen LogP contribution is 2.28.